The second kappa shape index (κ2) is 8.04. The van der Waals surface area contributed by atoms with Crippen molar-refractivity contribution in [3.8, 4) is 11.3 Å². The van der Waals surface area contributed by atoms with E-state index in [1.807, 2.05) is 37.3 Å². The maximum absolute atomic E-state index is 12.5. The highest BCUT2D eigenvalue weighted by Gasteiger charge is 2.37. The first-order valence-electron chi connectivity index (χ1n) is 9.98. The number of rotatable bonds is 6. The molecule has 2 aromatic carbocycles. The quantitative estimate of drug-likeness (QED) is 0.555. The molecule has 0 bridgehead atoms. The lowest BCUT2D eigenvalue weighted by molar-refractivity contribution is 0.0951. The fourth-order valence-corrected chi connectivity index (χ4v) is 6.64. The molecule has 1 saturated heterocycles. The van der Waals surface area contributed by atoms with Crippen LogP contribution in [0.1, 0.15) is 36.5 Å². The summed E-state index contributed by atoms with van der Waals surface area (Å²) in [6.07, 6.45) is 2.24. The summed E-state index contributed by atoms with van der Waals surface area (Å²) in [5, 5.41) is 11.8. The van der Waals surface area contributed by atoms with Crippen LogP contribution in [0.15, 0.2) is 42.5 Å². The Morgan fingerprint density at radius 2 is 2.07 bits per heavy atom. The maximum Gasteiger partial charge on any atom is 0.251 e. The number of benzene rings is 2. The zero-order valence-corrected chi connectivity index (χ0v) is 18.3. The lowest BCUT2D eigenvalue weighted by atomic mass is 9.85. The largest absolute Gasteiger partial charge is 0.352 e. The van der Waals surface area contributed by atoms with E-state index in [0.29, 0.717) is 23.6 Å². The molecule has 8 heteroatoms. The zero-order chi connectivity index (χ0) is 21.4. The highest BCUT2D eigenvalue weighted by atomic mass is 35.5. The Morgan fingerprint density at radius 3 is 2.80 bits per heavy atom. The standard InChI is InChI=1S/C22H24ClN3O3S/c1-22(10-12-30(28,29)14-22)9-4-11-24-21(27)15-7-8-17-19(13-15)25-26-20(17)16-5-2-3-6-18(16)23/h2-3,5-8,13H,4,9-12,14H2,1H3,(H,24,27)(H,25,26). The Labute approximate surface area is 180 Å². The molecule has 0 aliphatic carbocycles. The monoisotopic (exact) mass is 445 g/mol. The molecule has 1 aromatic heterocycles. The van der Waals surface area contributed by atoms with Crippen LogP contribution < -0.4 is 5.32 Å². The molecule has 0 radical (unpaired) electrons. The molecule has 1 unspecified atom stereocenters. The summed E-state index contributed by atoms with van der Waals surface area (Å²) in [4.78, 5) is 12.5. The summed E-state index contributed by atoms with van der Waals surface area (Å²) in [6.45, 7) is 2.53. The number of hydrogen-bond donors (Lipinski definition) is 2. The van der Waals surface area contributed by atoms with Gasteiger partial charge in [-0.2, -0.15) is 5.10 Å². The Morgan fingerprint density at radius 1 is 1.27 bits per heavy atom. The molecule has 1 fully saturated rings. The molecule has 1 aliphatic heterocycles. The van der Waals surface area contributed by atoms with Gasteiger partial charge in [-0.15, -0.1) is 0 Å². The van der Waals surface area contributed by atoms with Crippen LogP contribution in [0.4, 0.5) is 0 Å². The fraction of sp³-hybridized carbons (Fsp3) is 0.364. The van der Waals surface area contributed by atoms with Gasteiger partial charge in [0.1, 0.15) is 5.69 Å². The van der Waals surface area contributed by atoms with Crippen molar-refractivity contribution in [2.24, 2.45) is 5.41 Å². The van der Waals surface area contributed by atoms with E-state index in [1.54, 1.807) is 12.1 Å². The van der Waals surface area contributed by atoms with Crippen molar-refractivity contribution in [2.45, 2.75) is 26.2 Å². The van der Waals surface area contributed by atoms with Crippen molar-refractivity contribution in [3.05, 3.63) is 53.1 Å². The minimum atomic E-state index is -2.90. The highest BCUT2D eigenvalue weighted by molar-refractivity contribution is 7.91. The van der Waals surface area contributed by atoms with Gasteiger partial charge < -0.3 is 5.32 Å². The number of halogens is 1. The van der Waals surface area contributed by atoms with E-state index in [9.17, 15) is 13.2 Å². The summed E-state index contributed by atoms with van der Waals surface area (Å²) < 4.78 is 23.4. The lowest BCUT2D eigenvalue weighted by Crippen LogP contribution is -2.26. The number of H-pyrrole nitrogens is 1. The molecular weight excluding hydrogens is 422 g/mol. The molecule has 0 spiro atoms. The van der Waals surface area contributed by atoms with Gasteiger partial charge in [-0.1, -0.05) is 36.7 Å². The number of nitrogens with zero attached hydrogens (tertiary/aromatic N) is 1. The molecule has 0 saturated carbocycles. The summed E-state index contributed by atoms with van der Waals surface area (Å²) in [5.41, 5.74) is 2.73. The van der Waals surface area contributed by atoms with E-state index in [1.165, 1.54) is 0 Å². The first-order valence-corrected chi connectivity index (χ1v) is 12.2. The van der Waals surface area contributed by atoms with Crippen molar-refractivity contribution in [3.63, 3.8) is 0 Å². The Bertz CT molecular complexity index is 1210. The minimum absolute atomic E-state index is 0.157. The predicted octanol–water partition coefficient (Wildman–Crippen LogP) is 4.22. The Balaban J connectivity index is 1.39. The third-order valence-corrected chi connectivity index (χ3v) is 8.07. The van der Waals surface area contributed by atoms with E-state index < -0.39 is 9.84 Å². The van der Waals surface area contributed by atoms with Gasteiger partial charge in [0.05, 0.1) is 22.0 Å². The molecule has 2 N–H and O–H groups in total. The predicted molar refractivity (Wildman–Crippen MR) is 119 cm³/mol. The molecule has 158 valence electrons. The number of aromatic amines is 1. The Hall–Kier alpha value is -2.38. The van der Waals surface area contributed by atoms with Crippen LogP contribution in [0.3, 0.4) is 0 Å². The van der Waals surface area contributed by atoms with Gasteiger partial charge in [-0.25, -0.2) is 8.42 Å². The van der Waals surface area contributed by atoms with Gasteiger partial charge in [0, 0.05) is 23.1 Å². The van der Waals surface area contributed by atoms with E-state index in [-0.39, 0.29) is 22.8 Å². The topological polar surface area (TPSA) is 91.9 Å². The van der Waals surface area contributed by atoms with Gasteiger partial charge in [0.15, 0.2) is 9.84 Å². The second-order valence-corrected chi connectivity index (χ2v) is 10.9. The Kier molecular flexibility index (Phi) is 5.59. The molecule has 1 aliphatic rings. The summed E-state index contributed by atoms with van der Waals surface area (Å²) in [6, 6.07) is 12.9. The van der Waals surface area contributed by atoms with E-state index in [4.69, 9.17) is 11.6 Å². The number of fused-ring (bicyclic) bond motifs is 1. The van der Waals surface area contributed by atoms with Crippen LogP contribution >= 0.6 is 11.6 Å². The molecule has 2 heterocycles. The second-order valence-electron chi connectivity index (χ2n) is 8.32. The van der Waals surface area contributed by atoms with E-state index >= 15 is 0 Å². The van der Waals surface area contributed by atoms with Crippen LogP contribution in [0.25, 0.3) is 22.2 Å². The summed E-state index contributed by atoms with van der Waals surface area (Å²) in [7, 11) is -2.90. The van der Waals surface area contributed by atoms with Crippen molar-refractivity contribution in [1.82, 2.24) is 15.5 Å². The number of carbonyl (C=O) groups is 1. The number of carbonyl (C=O) groups excluding carboxylic acids is 1. The SMILES string of the molecule is CC1(CCCNC(=O)c2ccc3c(-c4ccccc4Cl)n[nH]c3c2)CCS(=O)(=O)C1. The van der Waals surface area contributed by atoms with Crippen LogP contribution in [-0.2, 0) is 9.84 Å². The third kappa shape index (κ3) is 4.37. The number of amides is 1. The first-order chi connectivity index (χ1) is 14.3. The van der Waals surface area contributed by atoms with Gasteiger partial charge in [0.25, 0.3) is 5.91 Å². The molecule has 1 atom stereocenters. The average Bonchev–Trinajstić information content (AvgIpc) is 3.25. The highest BCUT2D eigenvalue weighted by Crippen LogP contribution is 2.36. The molecule has 6 nitrogen and oxygen atoms in total. The van der Waals surface area contributed by atoms with E-state index in [0.717, 1.165) is 35.0 Å². The van der Waals surface area contributed by atoms with Gasteiger partial charge in [-0.05, 0) is 48.9 Å². The lowest BCUT2D eigenvalue weighted by Gasteiger charge is -2.21. The van der Waals surface area contributed by atoms with Crippen molar-refractivity contribution < 1.29 is 13.2 Å². The first kappa shape index (κ1) is 20.9. The number of nitrogens with one attached hydrogen (secondary N) is 2. The smallest absolute Gasteiger partial charge is 0.251 e. The average molecular weight is 446 g/mol. The van der Waals surface area contributed by atoms with Crippen LogP contribution in [0, 0.1) is 5.41 Å². The summed E-state index contributed by atoms with van der Waals surface area (Å²) in [5.74, 6) is 0.365. The van der Waals surface area contributed by atoms with Gasteiger partial charge in [0.2, 0.25) is 0 Å². The molecule has 4 rings (SSSR count). The van der Waals surface area contributed by atoms with E-state index in [2.05, 4.69) is 15.5 Å². The zero-order valence-electron chi connectivity index (χ0n) is 16.7. The fourth-order valence-electron chi connectivity index (χ4n) is 4.11. The van der Waals surface area contributed by atoms with Crippen LogP contribution in [0.2, 0.25) is 5.02 Å². The van der Waals surface area contributed by atoms with Crippen molar-refractivity contribution in [1.29, 1.82) is 0 Å². The third-order valence-electron chi connectivity index (χ3n) is 5.78. The molecule has 30 heavy (non-hydrogen) atoms. The van der Waals surface area contributed by atoms with Crippen LogP contribution in [-0.4, -0.2) is 42.6 Å². The molecule has 3 aromatic rings. The normalized spacial score (nSPS) is 20.5. The molecular formula is C22H24ClN3O3S. The summed E-state index contributed by atoms with van der Waals surface area (Å²) >= 11 is 6.29. The van der Waals surface area contributed by atoms with Crippen LogP contribution in [0.5, 0.6) is 0 Å². The minimum Gasteiger partial charge on any atom is -0.352 e. The van der Waals surface area contributed by atoms with Crippen molar-refractivity contribution in [2.75, 3.05) is 18.1 Å². The van der Waals surface area contributed by atoms with Crippen molar-refractivity contribution >= 4 is 38.2 Å². The number of sulfone groups is 1. The number of hydrogen-bond acceptors (Lipinski definition) is 4. The number of aromatic nitrogens is 2. The van der Waals surface area contributed by atoms with Gasteiger partial charge in [-0.3, -0.25) is 9.89 Å². The molecule has 1 amide bonds. The van der Waals surface area contributed by atoms with Gasteiger partial charge >= 0.3 is 0 Å². The maximum atomic E-state index is 12.5.